The fraction of sp³-hybridized carbons (Fsp3) is 0.190. The van der Waals surface area contributed by atoms with Crippen molar-refractivity contribution >= 4 is 39.0 Å². The molecule has 0 saturated heterocycles. The van der Waals surface area contributed by atoms with Crippen LogP contribution in [-0.2, 0) is 27.9 Å². The second-order valence-electron chi connectivity index (χ2n) is 6.64. The van der Waals surface area contributed by atoms with Crippen LogP contribution in [0, 0.1) is 0 Å². The number of carbonyl (C=O) groups is 1. The number of thiophene rings is 1. The van der Waals surface area contributed by atoms with Gasteiger partial charge in [0.1, 0.15) is 6.04 Å². The SMILES string of the molecule is O=C(O)[C@H](c1ccccc1Cl)N1CCc2sccc2C1.O=S(=O)(O)c1ccccc1. The number of benzene rings is 2. The molecule has 6 nitrogen and oxygen atoms in total. The molecule has 0 saturated carbocycles. The van der Waals surface area contributed by atoms with Crippen LogP contribution in [0.25, 0.3) is 0 Å². The number of nitrogens with zero attached hydrogens (tertiary/aromatic N) is 1. The fourth-order valence-corrected chi connectivity index (χ4v) is 4.90. The molecule has 4 rings (SSSR count). The van der Waals surface area contributed by atoms with Gasteiger partial charge in [-0.25, -0.2) is 0 Å². The molecular weight excluding hydrogens is 446 g/mol. The minimum Gasteiger partial charge on any atom is -0.480 e. The molecule has 1 aliphatic heterocycles. The maximum absolute atomic E-state index is 11.7. The van der Waals surface area contributed by atoms with E-state index in [2.05, 4.69) is 11.4 Å². The van der Waals surface area contributed by atoms with Gasteiger partial charge < -0.3 is 5.11 Å². The molecular formula is C21H20ClNO5S2. The smallest absolute Gasteiger partial charge is 0.325 e. The maximum atomic E-state index is 11.7. The highest BCUT2D eigenvalue weighted by molar-refractivity contribution is 7.85. The lowest BCUT2D eigenvalue weighted by Crippen LogP contribution is -2.37. The van der Waals surface area contributed by atoms with E-state index in [9.17, 15) is 18.3 Å². The van der Waals surface area contributed by atoms with Gasteiger partial charge in [-0.1, -0.05) is 48.0 Å². The van der Waals surface area contributed by atoms with E-state index < -0.39 is 22.1 Å². The molecule has 1 aliphatic rings. The van der Waals surface area contributed by atoms with Crippen molar-refractivity contribution in [2.45, 2.75) is 23.9 Å². The van der Waals surface area contributed by atoms with Crippen molar-refractivity contribution in [1.29, 1.82) is 0 Å². The van der Waals surface area contributed by atoms with Gasteiger partial charge in [-0.15, -0.1) is 11.3 Å². The zero-order chi connectivity index (χ0) is 21.7. The Morgan fingerprint density at radius 1 is 1.07 bits per heavy atom. The molecule has 158 valence electrons. The topological polar surface area (TPSA) is 94.9 Å². The van der Waals surface area contributed by atoms with Crippen LogP contribution in [0.15, 0.2) is 70.9 Å². The number of halogens is 1. The molecule has 0 amide bonds. The number of rotatable bonds is 4. The fourth-order valence-electron chi connectivity index (χ4n) is 3.27. The lowest BCUT2D eigenvalue weighted by molar-refractivity contribution is -0.144. The minimum absolute atomic E-state index is 0.0741. The normalized spacial score (nSPS) is 14.9. The predicted octanol–water partition coefficient (Wildman–Crippen LogP) is 4.52. The Bertz CT molecular complexity index is 1120. The van der Waals surface area contributed by atoms with Crippen molar-refractivity contribution in [2.24, 2.45) is 0 Å². The standard InChI is InChI=1S/C15H14ClNO2S.C6H6O3S/c16-12-4-2-1-3-11(12)14(15(18)19)17-7-5-13-10(9-17)6-8-20-13;7-10(8,9)6-4-2-1-3-5-6/h1-4,6,8,14H,5,7,9H2,(H,18,19);1-5H,(H,7,8,9)/t14-;/m0./s1. The summed E-state index contributed by atoms with van der Waals surface area (Å²) in [7, 11) is -4.00. The summed E-state index contributed by atoms with van der Waals surface area (Å²) >= 11 is 7.92. The summed E-state index contributed by atoms with van der Waals surface area (Å²) in [6.07, 6.45) is 0.904. The second kappa shape index (κ2) is 9.72. The zero-order valence-electron chi connectivity index (χ0n) is 15.8. The molecule has 1 atom stereocenters. The molecule has 2 heterocycles. The number of aliphatic carboxylic acids is 1. The Balaban J connectivity index is 0.000000216. The van der Waals surface area contributed by atoms with E-state index in [0.717, 1.165) is 13.0 Å². The molecule has 0 spiro atoms. The van der Waals surface area contributed by atoms with Crippen molar-refractivity contribution in [1.82, 2.24) is 4.90 Å². The van der Waals surface area contributed by atoms with Crippen LogP contribution in [0.4, 0.5) is 0 Å². The van der Waals surface area contributed by atoms with Crippen molar-refractivity contribution in [3.63, 3.8) is 0 Å². The van der Waals surface area contributed by atoms with Crippen molar-refractivity contribution in [2.75, 3.05) is 6.54 Å². The first kappa shape index (κ1) is 22.5. The third-order valence-corrected chi connectivity index (χ3v) is 6.91. The molecule has 0 bridgehead atoms. The van der Waals surface area contributed by atoms with Crippen LogP contribution in [0.3, 0.4) is 0 Å². The van der Waals surface area contributed by atoms with Gasteiger partial charge in [0.25, 0.3) is 10.1 Å². The van der Waals surface area contributed by atoms with Crippen molar-refractivity contribution in [3.05, 3.63) is 87.1 Å². The van der Waals surface area contributed by atoms with Gasteiger partial charge in [-0.3, -0.25) is 14.2 Å². The van der Waals surface area contributed by atoms with Gasteiger partial charge in [0.05, 0.1) is 4.90 Å². The van der Waals surface area contributed by atoms with Crippen LogP contribution in [0.5, 0.6) is 0 Å². The van der Waals surface area contributed by atoms with E-state index in [1.807, 2.05) is 17.0 Å². The third-order valence-electron chi connectivity index (χ3n) is 4.68. The van der Waals surface area contributed by atoms with Gasteiger partial charge in [0.15, 0.2) is 0 Å². The van der Waals surface area contributed by atoms with E-state index in [1.54, 1.807) is 41.7 Å². The number of hydrogen-bond acceptors (Lipinski definition) is 5. The highest BCUT2D eigenvalue weighted by atomic mass is 35.5. The summed E-state index contributed by atoms with van der Waals surface area (Å²) < 4.78 is 29.2. The molecule has 0 aliphatic carbocycles. The summed E-state index contributed by atoms with van der Waals surface area (Å²) in [5.41, 5.74) is 1.90. The molecule has 2 aromatic carbocycles. The quantitative estimate of drug-likeness (QED) is 0.550. The van der Waals surface area contributed by atoms with Gasteiger partial charge >= 0.3 is 5.97 Å². The summed E-state index contributed by atoms with van der Waals surface area (Å²) in [6.45, 7) is 1.41. The summed E-state index contributed by atoms with van der Waals surface area (Å²) in [5.74, 6) is -0.850. The molecule has 0 radical (unpaired) electrons. The average molecular weight is 466 g/mol. The van der Waals surface area contributed by atoms with E-state index in [-0.39, 0.29) is 4.90 Å². The maximum Gasteiger partial charge on any atom is 0.325 e. The van der Waals surface area contributed by atoms with Crippen LogP contribution in [-0.4, -0.2) is 35.5 Å². The first-order chi connectivity index (χ1) is 14.3. The number of hydrogen-bond donors (Lipinski definition) is 2. The Morgan fingerprint density at radius 2 is 1.73 bits per heavy atom. The van der Waals surface area contributed by atoms with Crippen molar-refractivity contribution < 1.29 is 22.9 Å². The predicted molar refractivity (Wildman–Crippen MR) is 117 cm³/mol. The molecule has 9 heteroatoms. The zero-order valence-corrected chi connectivity index (χ0v) is 18.2. The third kappa shape index (κ3) is 5.47. The van der Waals surface area contributed by atoms with E-state index in [0.29, 0.717) is 17.1 Å². The Kier molecular flexibility index (Phi) is 7.27. The minimum atomic E-state index is -4.00. The summed E-state index contributed by atoms with van der Waals surface area (Å²) in [5, 5.41) is 12.2. The Morgan fingerprint density at radius 3 is 2.33 bits per heavy atom. The molecule has 0 fully saturated rings. The highest BCUT2D eigenvalue weighted by Crippen LogP contribution is 2.33. The lowest BCUT2D eigenvalue weighted by atomic mass is 10.0. The van der Waals surface area contributed by atoms with Crippen LogP contribution < -0.4 is 0 Å². The number of fused-ring (bicyclic) bond motifs is 1. The molecule has 1 aromatic heterocycles. The van der Waals surface area contributed by atoms with Gasteiger partial charge in [0.2, 0.25) is 0 Å². The molecule has 2 N–H and O–H groups in total. The Hall–Kier alpha value is -2.23. The van der Waals surface area contributed by atoms with Gasteiger partial charge in [-0.05, 0) is 47.2 Å². The molecule has 0 unspecified atom stereocenters. The van der Waals surface area contributed by atoms with Crippen molar-refractivity contribution in [3.8, 4) is 0 Å². The van der Waals surface area contributed by atoms with Crippen LogP contribution in [0.2, 0.25) is 5.02 Å². The average Bonchev–Trinajstić information content (AvgIpc) is 3.18. The van der Waals surface area contributed by atoms with E-state index >= 15 is 0 Å². The first-order valence-electron chi connectivity index (χ1n) is 9.06. The van der Waals surface area contributed by atoms with E-state index in [4.69, 9.17) is 16.2 Å². The van der Waals surface area contributed by atoms with Gasteiger partial charge in [0, 0.05) is 23.0 Å². The van der Waals surface area contributed by atoms with Crippen LogP contribution in [0.1, 0.15) is 22.0 Å². The highest BCUT2D eigenvalue weighted by Gasteiger charge is 2.31. The molecule has 30 heavy (non-hydrogen) atoms. The summed E-state index contributed by atoms with van der Waals surface area (Å²) in [4.78, 5) is 15.0. The number of carboxylic acid groups (broad SMARTS) is 1. The lowest BCUT2D eigenvalue weighted by Gasteiger charge is -2.32. The largest absolute Gasteiger partial charge is 0.480 e. The second-order valence-corrected chi connectivity index (χ2v) is 9.47. The van der Waals surface area contributed by atoms with E-state index in [1.165, 1.54) is 22.6 Å². The Labute approximate surface area is 184 Å². The van der Waals surface area contributed by atoms with Crippen LogP contribution >= 0.6 is 22.9 Å². The number of carboxylic acids is 1. The molecule has 3 aromatic rings. The monoisotopic (exact) mass is 465 g/mol. The summed E-state index contributed by atoms with van der Waals surface area (Å²) in [6, 6.07) is 16.0. The first-order valence-corrected chi connectivity index (χ1v) is 11.8. The van der Waals surface area contributed by atoms with Gasteiger partial charge in [-0.2, -0.15) is 8.42 Å².